The van der Waals surface area contributed by atoms with Gasteiger partial charge in [0.15, 0.2) is 5.84 Å². The van der Waals surface area contributed by atoms with Gasteiger partial charge in [-0.1, -0.05) is 22.8 Å². The van der Waals surface area contributed by atoms with Gasteiger partial charge in [0.25, 0.3) is 0 Å². The van der Waals surface area contributed by atoms with Gasteiger partial charge in [0.05, 0.1) is 9.95 Å². The lowest BCUT2D eigenvalue weighted by molar-refractivity contribution is -0.385. The molecule has 21 heavy (non-hydrogen) atoms. The smallest absolute Gasteiger partial charge is 0.313 e. The Bertz CT molecular complexity index is 720. The van der Waals surface area contributed by atoms with Crippen molar-refractivity contribution in [2.75, 3.05) is 0 Å². The van der Waals surface area contributed by atoms with E-state index in [1.165, 1.54) is 36.5 Å². The van der Waals surface area contributed by atoms with Gasteiger partial charge < -0.3 is 15.7 Å². The first-order valence-corrected chi connectivity index (χ1v) is 5.95. The Hall–Kier alpha value is -2.87. The Kier molecular flexibility index (Phi) is 4.19. The lowest BCUT2D eigenvalue weighted by Gasteiger charge is -2.08. The summed E-state index contributed by atoms with van der Waals surface area (Å²) in [5.41, 5.74) is 5.30. The molecule has 0 spiro atoms. The summed E-state index contributed by atoms with van der Waals surface area (Å²) >= 11 is 5.92. The number of halogens is 1. The summed E-state index contributed by atoms with van der Waals surface area (Å²) in [6.07, 6.45) is 1.35. The largest absolute Gasteiger partial charge is 0.448 e. The van der Waals surface area contributed by atoms with Crippen molar-refractivity contribution in [2.24, 2.45) is 10.9 Å². The second-order valence-corrected chi connectivity index (χ2v) is 4.22. The summed E-state index contributed by atoms with van der Waals surface area (Å²) < 4.78 is 5.43. The van der Waals surface area contributed by atoms with Gasteiger partial charge in [0.2, 0.25) is 5.75 Å². The molecule has 0 aliphatic heterocycles. The van der Waals surface area contributed by atoms with E-state index < -0.39 is 4.92 Å². The molecule has 0 aliphatic rings. The number of nitrogens with zero attached hydrogens (tertiary/aromatic N) is 3. The van der Waals surface area contributed by atoms with Crippen molar-refractivity contribution in [2.45, 2.75) is 0 Å². The minimum Gasteiger partial charge on any atom is -0.448 e. The second kappa shape index (κ2) is 6.06. The van der Waals surface area contributed by atoms with Gasteiger partial charge in [0.1, 0.15) is 11.4 Å². The van der Waals surface area contributed by atoms with E-state index in [0.717, 1.165) is 0 Å². The molecule has 0 saturated carbocycles. The molecule has 1 aromatic heterocycles. The fourth-order valence-corrected chi connectivity index (χ4v) is 1.73. The highest BCUT2D eigenvalue weighted by Crippen LogP contribution is 2.37. The highest BCUT2D eigenvalue weighted by molar-refractivity contribution is 6.32. The van der Waals surface area contributed by atoms with Gasteiger partial charge in [-0.2, -0.15) is 0 Å². The summed E-state index contributed by atoms with van der Waals surface area (Å²) in [5.74, 6) is -0.0993. The number of benzene rings is 1. The van der Waals surface area contributed by atoms with Crippen LogP contribution in [0.5, 0.6) is 11.5 Å². The van der Waals surface area contributed by atoms with Crippen LogP contribution in [0.4, 0.5) is 5.69 Å². The van der Waals surface area contributed by atoms with Crippen molar-refractivity contribution < 1.29 is 14.9 Å². The summed E-state index contributed by atoms with van der Waals surface area (Å²) in [7, 11) is 0. The number of para-hydroxylation sites is 1. The zero-order valence-electron chi connectivity index (χ0n) is 10.4. The molecule has 9 heteroatoms. The van der Waals surface area contributed by atoms with E-state index in [1.807, 2.05) is 0 Å². The van der Waals surface area contributed by atoms with Gasteiger partial charge in [-0.25, -0.2) is 0 Å². The molecule has 0 atom stereocenters. The van der Waals surface area contributed by atoms with Gasteiger partial charge in [-0.3, -0.25) is 15.1 Å². The maximum absolute atomic E-state index is 11.0. The number of rotatable bonds is 4. The SMILES string of the molecule is N/C(=N/O)c1cc(Oc2c(Cl)cccc2[N+](=O)[O-])ccn1. The monoisotopic (exact) mass is 308 g/mol. The van der Waals surface area contributed by atoms with Crippen LogP contribution in [-0.4, -0.2) is 21.0 Å². The molecule has 1 aromatic carbocycles. The third-order valence-electron chi connectivity index (χ3n) is 2.46. The van der Waals surface area contributed by atoms with Crippen LogP contribution in [-0.2, 0) is 0 Å². The van der Waals surface area contributed by atoms with E-state index in [0.29, 0.717) is 0 Å². The number of ether oxygens (including phenoxy) is 1. The Morgan fingerprint density at radius 1 is 1.48 bits per heavy atom. The first-order valence-electron chi connectivity index (χ1n) is 5.57. The average molecular weight is 309 g/mol. The standard InChI is InChI=1S/C12H9ClN4O4/c13-8-2-1-3-10(17(19)20)11(8)21-7-4-5-15-9(6-7)12(14)16-18/h1-6,18H,(H2,14,16). The number of hydrogen-bond donors (Lipinski definition) is 2. The Morgan fingerprint density at radius 2 is 2.24 bits per heavy atom. The number of amidine groups is 1. The minimum absolute atomic E-state index is 0.0892. The van der Waals surface area contributed by atoms with E-state index >= 15 is 0 Å². The topological polar surface area (TPSA) is 124 Å². The molecular formula is C12H9ClN4O4. The lowest BCUT2D eigenvalue weighted by Crippen LogP contribution is -2.14. The third-order valence-corrected chi connectivity index (χ3v) is 2.76. The first-order chi connectivity index (χ1) is 10.0. The molecule has 0 fully saturated rings. The van der Waals surface area contributed by atoms with E-state index in [1.54, 1.807) is 0 Å². The molecule has 0 aliphatic carbocycles. The van der Waals surface area contributed by atoms with E-state index in [9.17, 15) is 10.1 Å². The number of aromatic nitrogens is 1. The van der Waals surface area contributed by atoms with E-state index in [2.05, 4.69) is 10.1 Å². The molecule has 1 heterocycles. The Morgan fingerprint density at radius 3 is 2.90 bits per heavy atom. The predicted octanol–water partition coefficient (Wildman–Crippen LogP) is 2.53. The van der Waals surface area contributed by atoms with Gasteiger partial charge in [-0.15, -0.1) is 0 Å². The predicted molar refractivity (Wildman–Crippen MR) is 74.9 cm³/mol. The van der Waals surface area contributed by atoms with Crippen molar-refractivity contribution in [1.29, 1.82) is 0 Å². The zero-order chi connectivity index (χ0) is 15.4. The summed E-state index contributed by atoms with van der Waals surface area (Å²) in [6.45, 7) is 0. The minimum atomic E-state index is -0.604. The number of oxime groups is 1. The van der Waals surface area contributed by atoms with Crippen LogP contribution in [0.2, 0.25) is 5.02 Å². The van der Waals surface area contributed by atoms with Crippen LogP contribution >= 0.6 is 11.6 Å². The molecule has 0 unspecified atom stereocenters. The molecule has 0 bridgehead atoms. The quantitative estimate of drug-likeness (QED) is 0.294. The molecule has 0 saturated heterocycles. The van der Waals surface area contributed by atoms with Gasteiger partial charge in [0, 0.05) is 18.3 Å². The average Bonchev–Trinajstić information content (AvgIpc) is 2.48. The van der Waals surface area contributed by atoms with Crippen LogP contribution in [0.1, 0.15) is 5.69 Å². The molecule has 2 rings (SSSR count). The van der Waals surface area contributed by atoms with Crippen LogP contribution in [0, 0.1) is 10.1 Å². The molecule has 2 aromatic rings. The van der Waals surface area contributed by atoms with Crippen molar-refractivity contribution in [3.05, 3.63) is 57.4 Å². The highest BCUT2D eigenvalue weighted by atomic mass is 35.5. The first kappa shape index (κ1) is 14.5. The number of nitro groups is 1. The van der Waals surface area contributed by atoms with Crippen molar-refractivity contribution >= 4 is 23.1 Å². The van der Waals surface area contributed by atoms with Crippen LogP contribution in [0.3, 0.4) is 0 Å². The number of nitro benzene ring substituents is 1. The number of pyridine rings is 1. The fourth-order valence-electron chi connectivity index (χ4n) is 1.53. The van der Waals surface area contributed by atoms with Gasteiger partial charge in [-0.05, 0) is 12.1 Å². The Labute approximate surface area is 123 Å². The third kappa shape index (κ3) is 3.18. The zero-order valence-corrected chi connectivity index (χ0v) is 11.2. The molecule has 3 N–H and O–H groups in total. The summed E-state index contributed by atoms with van der Waals surface area (Å²) in [5, 5.41) is 22.5. The molecule has 0 amide bonds. The summed E-state index contributed by atoms with van der Waals surface area (Å²) in [6, 6.07) is 7.01. The van der Waals surface area contributed by atoms with Crippen LogP contribution < -0.4 is 10.5 Å². The second-order valence-electron chi connectivity index (χ2n) is 3.81. The number of hydrogen-bond acceptors (Lipinski definition) is 6. The maximum atomic E-state index is 11.0. The fraction of sp³-hybridized carbons (Fsp3) is 0. The highest BCUT2D eigenvalue weighted by Gasteiger charge is 2.19. The van der Waals surface area contributed by atoms with Crippen LogP contribution in [0.25, 0.3) is 0 Å². The molecule has 8 nitrogen and oxygen atoms in total. The molecule has 108 valence electrons. The number of nitrogens with two attached hydrogens (primary N) is 1. The van der Waals surface area contributed by atoms with E-state index in [4.69, 9.17) is 27.3 Å². The van der Waals surface area contributed by atoms with Crippen LogP contribution in [0.15, 0.2) is 41.7 Å². The normalized spacial score (nSPS) is 11.2. The van der Waals surface area contributed by atoms with Crippen molar-refractivity contribution in [1.82, 2.24) is 4.98 Å². The van der Waals surface area contributed by atoms with Crippen molar-refractivity contribution in [3.8, 4) is 11.5 Å². The van der Waals surface area contributed by atoms with Gasteiger partial charge >= 0.3 is 5.69 Å². The Balaban J connectivity index is 2.41. The van der Waals surface area contributed by atoms with Crippen molar-refractivity contribution in [3.63, 3.8) is 0 Å². The molecule has 0 radical (unpaired) electrons. The summed E-state index contributed by atoms with van der Waals surface area (Å²) in [4.78, 5) is 14.2. The maximum Gasteiger partial charge on any atom is 0.313 e. The lowest BCUT2D eigenvalue weighted by atomic mass is 10.3. The van der Waals surface area contributed by atoms with E-state index in [-0.39, 0.29) is 33.7 Å². The molecular weight excluding hydrogens is 300 g/mol.